The van der Waals surface area contributed by atoms with Gasteiger partial charge in [-0.15, -0.1) is 6.58 Å². The number of nitrogens with one attached hydrogen (secondary N) is 1. The number of hydrogen-bond acceptors (Lipinski definition) is 2. The summed E-state index contributed by atoms with van der Waals surface area (Å²) in [5.41, 5.74) is 10.9. The molecule has 0 saturated carbocycles. The van der Waals surface area contributed by atoms with E-state index in [2.05, 4.69) is 126 Å². The molecule has 2 aromatic carbocycles. The van der Waals surface area contributed by atoms with Crippen LogP contribution in [0, 0.1) is 12.3 Å². The van der Waals surface area contributed by atoms with Gasteiger partial charge in [-0.3, -0.25) is 0 Å². The summed E-state index contributed by atoms with van der Waals surface area (Å²) in [5, 5.41) is 3.71. The first-order valence-corrected chi connectivity index (χ1v) is 15.5. The summed E-state index contributed by atoms with van der Waals surface area (Å²) in [6, 6.07) is 15.9. The zero-order valence-electron chi connectivity index (χ0n) is 27.0. The van der Waals surface area contributed by atoms with Gasteiger partial charge in [0.15, 0.2) is 0 Å². The molecule has 0 aromatic heterocycles. The summed E-state index contributed by atoms with van der Waals surface area (Å²) in [6.07, 6.45) is 17.4. The Morgan fingerprint density at radius 2 is 1.73 bits per heavy atom. The molecule has 0 unspecified atom stereocenters. The predicted octanol–water partition coefficient (Wildman–Crippen LogP) is 11.6. The third kappa shape index (κ3) is 9.58. The highest BCUT2D eigenvalue weighted by Gasteiger charge is 2.29. The molecule has 0 aliphatic heterocycles. The minimum absolute atomic E-state index is 0.102. The fourth-order valence-corrected chi connectivity index (χ4v) is 5.33. The summed E-state index contributed by atoms with van der Waals surface area (Å²) in [6.45, 7) is 21.6. The molecular formula is C38H56N2. The Morgan fingerprint density at radius 1 is 1.05 bits per heavy atom. The van der Waals surface area contributed by atoms with Crippen LogP contribution in [0.2, 0.25) is 0 Å². The maximum Gasteiger partial charge on any atom is 0.0421 e. The van der Waals surface area contributed by atoms with Crippen molar-refractivity contribution in [1.82, 2.24) is 0 Å². The molecule has 0 saturated heterocycles. The Kier molecular flexibility index (Phi) is 13.5. The second-order valence-corrected chi connectivity index (χ2v) is 11.9. The van der Waals surface area contributed by atoms with Gasteiger partial charge in [0.1, 0.15) is 0 Å². The number of aryl methyl sites for hydroxylation is 1. The van der Waals surface area contributed by atoms with Crippen LogP contribution < -0.4 is 10.2 Å². The SMILES string of the molecule is C=CCCCCC/C=C(/C)c1cc(/C=C2\CC=C(N(C)c3ccccc3)CC2(C)C)c(C)cc1NC(C)C.CC. The molecule has 0 bridgehead atoms. The first-order chi connectivity index (χ1) is 19.1. The van der Waals surface area contributed by atoms with E-state index in [-0.39, 0.29) is 5.41 Å². The fourth-order valence-electron chi connectivity index (χ4n) is 5.33. The fraction of sp³-hybridized carbons (Fsp3) is 0.474. The molecule has 2 aromatic rings. The second kappa shape index (κ2) is 16.3. The minimum Gasteiger partial charge on any atom is -0.382 e. The molecule has 0 fully saturated rings. The van der Waals surface area contributed by atoms with Gasteiger partial charge in [-0.05, 0) is 113 Å². The molecule has 1 N–H and O–H groups in total. The van der Waals surface area contributed by atoms with Gasteiger partial charge in [-0.1, -0.05) is 82.2 Å². The van der Waals surface area contributed by atoms with Crippen molar-refractivity contribution in [3.8, 4) is 0 Å². The molecule has 0 spiro atoms. The summed E-state index contributed by atoms with van der Waals surface area (Å²) in [5.74, 6) is 0. The van der Waals surface area contributed by atoms with Crippen LogP contribution in [0.25, 0.3) is 11.6 Å². The van der Waals surface area contributed by atoms with E-state index < -0.39 is 0 Å². The molecule has 218 valence electrons. The maximum absolute atomic E-state index is 3.84. The number of unbranched alkanes of at least 4 members (excludes halogenated alkanes) is 4. The van der Waals surface area contributed by atoms with Crippen molar-refractivity contribution in [1.29, 1.82) is 0 Å². The van der Waals surface area contributed by atoms with Crippen molar-refractivity contribution in [2.24, 2.45) is 5.41 Å². The van der Waals surface area contributed by atoms with Crippen LogP contribution in [0.5, 0.6) is 0 Å². The third-order valence-corrected chi connectivity index (χ3v) is 7.79. The number of rotatable bonds is 12. The molecule has 2 heteroatoms. The molecule has 3 rings (SSSR count). The first-order valence-electron chi connectivity index (χ1n) is 15.5. The van der Waals surface area contributed by atoms with E-state index in [4.69, 9.17) is 0 Å². The van der Waals surface area contributed by atoms with Gasteiger partial charge in [-0.2, -0.15) is 0 Å². The Balaban J connectivity index is 0.00000274. The standard InChI is InChI=1S/C36H50N2.C2H6/c1-9-10-11-12-13-15-18-28(4)34-25-30(29(5)23-35(34)37-27(2)3)24-31-21-22-33(26-36(31,6)7)38(8)32-19-16-14-17-20-32;1-2/h9,14,16-20,22-25,27,37H,1,10-13,15,21,26H2,2-8H3;1-2H3/b28-18-,31-24+;. The molecule has 1 aliphatic rings. The average molecular weight is 541 g/mol. The van der Waals surface area contributed by atoms with Gasteiger partial charge >= 0.3 is 0 Å². The lowest BCUT2D eigenvalue weighted by atomic mass is 9.73. The van der Waals surface area contributed by atoms with Crippen molar-refractivity contribution >= 4 is 23.0 Å². The van der Waals surface area contributed by atoms with E-state index in [9.17, 15) is 0 Å². The average Bonchev–Trinajstić information content (AvgIpc) is 2.93. The number of hydrogen-bond donors (Lipinski definition) is 1. The molecule has 0 atom stereocenters. The second-order valence-electron chi connectivity index (χ2n) is 11.9. The Bertz CT molecular complexity index is 1160. The lowest BCUT2D eigenvalue weighted by molar-refractivity contribution is 0.419. The largest absolute Gasteiger partial charge is 0.382 e. The van der Waals surface area contributed by atoms with Crippen LogP contribution in [0.4, 0.5) is 11.4 Å². The van der Waals surface area contributed by atoms with Crippen LogP contribution in [-0.4, -0.2) is 13.1 Å². The van der Waals surface area contributed by atoms with Crippen LogP contribution in [0.15, 0.2) is 78.5 Å². The van der Waals surface area contributed by atoms with E-state index in [1.165, 1.54) is 64.2 Å². The van der Waals surface area contributed by atoms with Gasteiger partial charge in [0, 0.05) is 35.7 Å². The summed E-state index contributed by atoms with van der Waals surface area (Å²) < 4.78 is 0. The van der Waals surface area contributed by atoms with E-state index in [1.807, 2.05) is 19.9 Å². The number of para-hydroxylation sites is 1. The lowest BCUT2D eigenvalue weighted by Crippen LogP contribution is -2.27. The van der Waals surface area contributed by atoms with E-state index in [1.54, 1.807) is 0 Å². The molecule has 0 amide bonds. The van der Waals surface area contributed by atoms with Crippen LogP contribution >= 0.6 is 0 Å². The Morgan fingerprint density at radius 3 is 2.35 bits per heavy atom. The van der Waals surface area contributed by atoms with Gasteiger partial charge in [0.2, 0.25) is 0 Å². The van der Waals surface area contributed by atoms with Crippen LogP contribution in [0.3, 0.4) is 0 Å². The molecule has 0 heterocycles. The van der Waals surface area contributed by atoms with Crippen molar-refractivity contribution in [2.45, 2.75) is 106 Å². The van der Waals surface area contributed by atoms with Crippen molar-refractivity contribution < 1.29 is 0 Å². The first kappa shape index (κ1) is 33.2. The normalized spacial score (nSPS) is 15.8. The molecule has 1 aliphatic carbocycles. The minimum atomic E-state index is 0.102. The van der Waals surface area contributed by atoms with E-state index in [0.717, 1.165) is 25.7 Å². The van der Waals surface area contributed by atoms with Crippen LogP contribution in [0.1, 0.15) is 110 Å². The van der Waals surface area contributed by atoms with Crippen molar-refractivity contribution in [3.05, 3.63) is 95.2 Å². The zero-order chi connectivity index (χ0) is 29.7. The zero-order valence-corrected chi connectivity index (χ0v) is 27.0. The van der Waals surface area contributed by atoms with Crippen LogP contribution in [-0.2, 0) is 0 Å². The number of allylic oxidation sites excluding steroid dienone is 6. The molecule has 0 radical (unpaired) electrons. The van der Waals surface area contributed by atoms with E-state index in [0.29, 0.717) is 6.04 Å². The highest BCUT2D eigenvalue weighted by molar-refractivity contribution is 5.79. The summed E-state index contributed by atoms with van der Waals surface area (Å²) in [7, 11) is 2.19. The van der Waals surface area contributed by atoms with Crippen molar-refractivity contribution in [3.63, 3.8) is 0 Å². The van der Waals surface area contributed by atoms with Crippen molar-refractivity contribution in [2.75, 3.05) is 17.3 Å². The topological polar surface area (TPSA) is 15.3 Å². The monoisotopic (exact) mass is 540 g/mol. The summed E-state index contributed by atoms with van der Waals surface area (Å²) in [4.78, 5) is 2.35. The lowest BCUT2D eigenvalue weighted by Gasteiger charge is -2.37. The summed E-state index contributed by atoms with van der Waals surface area (Å²) >= 11 is 0. The number of nitrogens with zero attached hydrogens (tertiary/aromatic N) is 1. The molecule has 40 heavy (non-hydrogen) atoms. The predicted molar refractivity (Wildman–Crippen MR) is 182 cm³/mol. The van der Waals surface area contributed by atoms with Gasteiger partial charge in [-0.25, -0.2) is 0 Å². The van der Waals surface area contributed by atoms with Gasteiger partial charge < -0.3 is 10.2 Å². The third-order valence-electron chi connectivity index (χ3n) is 7.79. The maximum atomic E-state index is 3.84. The number of benzene rings is 2. The van der Waals surface area contributed by atoms with E-state index >= 15 is 0 Å². The Hall–Kier alpha value is -3.00. The quantitative estimate of drug-likeness (QED) is 0.213. The molecular weight excluding hydrogens is 484 g/mol. The smallest absolute Gasteiger partial charge is 0.0421 e. The van der Waals surface area contributed by atoms with Gasteiger partial charge in [0.05, 0.1) is 0 Å². The highest BCUT2D eigenvalue weighted by Crippen LogP contribution is 2.43. The Labute approximate surface area is 247 Å². The number of anilines is 2. The molecule has 2 nitrogen and oxygen atoms in total. The van der Waals surface area contributed by atoms with Gasteiger partial charge in [0.25, 0.3) is 0 Å². The highest BCUT2D eigenvalue weighted by atomic mass is 15.1.